The molecule has 13 heteroatoms. The summed E-state index contributed by atoms with van der Waals surface area (Å²) in [5, 5.41) is 27.1. The van der Waals surface area contributed by atoms with Crippen LogP contribution in [0.4, 0.5) is 11.5 Å². The number of nitrogens with one attached hydrogen (secondary N) is 1. The Labute approximate surface area is 293 Å². The van der Waals surface area contributed by atoms with Crippen molar-refractivity contribution in [2.75, 3.05) is 69.2 Å². The number of piperazine rings is 1. The van der Waals surface area contributed by atoms with Crippen molar-refractivity contribution < 1.29 is 29.3 Å². The van der Waals surface area contributed by atoms with E-state index in [0.717, 1.165) is 73.0 Å². The fourth-order valence-electron chi connectivity index (χ4n) is 7.43. The summed E-state index contributed by atoms with van der Waals surface area (Å²) in [6.07, 6.45) is 3.67. The number of hydrogen-bond acceptors (Lipinski definition) is 9. The van der Waals surface area contributed by atoms with E-state index < -0.39 is 11.9 Å². The monoisotopic (exact) mass is 687 g/mol. The minimum absolute atomic E-state index is 0.00233. The second-order valence-corrected chi connectivity index (χ2v) is 13.9. The third kappa shape index (κ3) is 8.92. The van der Waals surface area contributed by atoms with Crippen LogP contribution in [-0.2, 0) is 20.8 Å². The average molecular weight is 688 g/mol. The molecule has 3 aliphatic heterocycles. The number of benzene rings is 1. The van der Waals surface area contributed by atoms with Crippen LogP contribution in [0.15, 0.2) is 36.4 Å². The lowest BCUT2D eigenvalue weighted by Gasteiger charge is -2.37. The van der Waals surface area contributed by atoms with Gasteiger partial charge in [-0.15, -0.1) is 0 Å². The first kappa shape index (κ1) is 35.2. The van der Waals surface area contributed by atoms with E-state index in [9.17, 15) is 19.5 Å². The normalized spacial score (nSPS) is 18.4. The maximum atomic E-state index is 12.7. The lowest BCUT2D eigenvalue weighted by molar-refractivity contribution is -0.138. The molecule has 0 bridgehead atoms. The van der Waals surface area contributed by atoms with Gasteiger partial charge >= 0.3 is 11.9 Å². The maximum absolute atomic E-state index is 12.7. The number of aryl methyl sites for hydroxylation is 3. The van der Waals surface area contributed by atoms with E-state index >= 15 is 0 Å². The molecule has 3 N–H and O–H groups in total. The van der Waals surface area contributed by atoms with Crippen molar-refractivity contribution in [3.8, 4) is 11.6 Å². The van der Waals surface area contributed by atoms with Crippen LogP contribution < -0.4 is 15.0 Å². The quantitative estimate of drug-likeness (QED) is 0.225. The average Bonchev–Trinajstić information content (AvgIpc) is 3.70. The molecule has 3 aromatic rings. The Hall–Kier alpha value is -4.65. The Morgan fingerprint density at radius 1 is 0.980 bits per heavy atom. The molecule has 0 unspecified atom stereocenters. The summed E-state index contributed by atoms with van der Waals surface area (Å²) in [7, 11) is 0. The van der Waals surface area contributed by atoms with Gasteiger partial charge in [-0.2, -0.15) is 10.1 Å². The number of amides is 1. The Morgan fingerprint density at radius 3 is 2.52 bits per heavy atom. The van der Waals surface area contributed by atoms with Gasteiger partial charge in [-0.25, -0.2) is 4.68 Å². The molecule has 2 atom stereocenters. The summed E-state index contributed by atoms with van der Waals surface area (Å²) in [5.41, 5.74) is 5.92. The zero-order valence-electron chi connectivity index (χ0n) is 29.1. The first-order valence-electron chi connectivity index (χ1n) is 17.8. The minimum atomic E-state index is -0.892. The Kier molecular flexibility index (Phi) is 11.2. The van der Waals surface area contributed by atoms with Crippen molar-refractivity contribution in [2.45, 2.75) is 64.7 Å². The number of anilines is 2. The third-order valence-electron chi connectivity index (χ3n) is 10.0. The van der Waals surface area contributed by atoms with Gasteiger partial charge in [0.2, 0.25) is 11.8 Å². The van der Waals surface area contributed by atoms with Crippen molar-refractivity contribution in [3.05, 3.63) is 58.9 Å². The van der Waals surface area contributed by atoms with Crippen LogP contribution in [0.1, 0.15) is 67.0 Å². The molecule has 3 aliphatic rings. The number of carboxylic acid groups (broad SMARTS) is 2. The number of carboxylic acids is 2. The highest BCUT2D eigenvalue weighted by Gasteiger charge is 2.29. The molecular weight excluding hydrogens is 638 g/mol. The van der Waals surface area contributed by atoms with E-state index in [0.29, 0.717) is 57.5 Å². The Bertz CT molecular complexity index is 1680. The fourth-order valence-corrected chi connectivity index (χ4v) is 7.43. The van der Waals surface area contributed by atoms with Crippen molar-refractivity contribution in [3.63, 3.8) is 0 Å². The van der Waals surface area contributed by atoms with Gasteiger partial charge in [0, 0.05) is 87.9 Å². The molecular formula is C37H49N7O6. The molecule has 6 rings (SSSR count). The first-order chi connectivity index (χ1) is 24.1. The number of ether oxygens (including phenoxy) is 1. The van der Waals surface area contributed by atoms with Crippen LogP contribution in [-0.4, -0.2) is 112 Å². The lowest BCUT2D eigenvalue weighted by atomic mass is 9.93. The molecule has 0 spiro atoms. The zero-order chi connectivity index (χ0) is 35.2. The molecule has 13 nitrogen and oxygen atoms in total. The molecule has 50 heavy (non-hydrogen) atoms. The van der Waals surface area contributed by atoms with Crippen LogP contribution in [0.3, 0.4) is 0 Å². The highest BCUT2D eigenvalue weighted by Crippen LogP contribution is 2.32. The molecule has 2 saturated heterocycles. The topological polar surface area (TPSA) is 153 Å². The molecule has 2 aromatic heterocycles. The largest absolute Gasteiger partial charge is 0.481 e. The van der Waals surface area contributed by atoms with Crippen molar-refractivity contribution in [2.24, 2.45) is 5.92 Å². The summed E-state index contributed by atoms with van der Waals surface area (Å²) < 4.78 is 8.05. The number of fused-ring (bicyclic) bond motifs is 1. The number of aromatic nitrogens is 3. The summed E-state index contributed by atoms with van der Waals surface area (Å²) >= 11 is 0. The molecule has 1 aromatic carbocycles. The van der Waals surface area contributed by atoms with Gasteiger partial charge in [0.25, 0.3) is 0 Å². The summed E-state index contributed by atoms with van der Waals surface area (Å²) in [6, 6.07) is 12.4. The number of aliphatic carboxylic acids is 2. The summed E-state index contributed by atoms with van der Waals surface area (Å²) in [5.74, 6) is -0.110. The van der Waals surface area contributed by atoms with E-state index in [2.05, 4.69) is 44.4 Å². The fraction of sp³-hybridized carbons (Fsp3) is 0.541. The van der Waals surface area contributed by atoms with E-state index in [1.165, 1.54) is 5.56 Å². The van der Waals surface area contributed by atoms with E-state index in [-0.39, 0.29) is 31.1 Å². The maximum Gasteiger partial charge on any atom is 0.304 e. The van der Waals surface area contributed by atoms with Crippen LogP contribution in [0.5, 0.6) is 5.88 Å². The standard InChI is InChI=1S/C37H49N7O6/c1-25-17-26(2)44(40-25)32-19-29(18-31(21-32)42-13-15-43(16-14-42)34(45)6-3-7-35(46)47)30(20-36(48)49)23-41-12-10-27(22-41)24-50-33-9-8-28-5-4-11-38-37(28)39-33/h8-9,17-19,21,27,30H,3-7,10-16,20,22-24H2,1-2H3,(H,38,39)(H,46,47)(H,48,49)/t27-,30-/m1/s1. The van der Waals surface area contributed by atoms with E-state index in [1.54, 1.807) is 0 Å². The summed E-state index contributed by atoms with van der Waals surface area (Å²) in [6.45, 7) is 10.1. The number of likely N-dealkylation sites (tertiary alicyclic amines) is 1. The number of hydrogen-bond donors (Lipinski definition) is 3. The Balaban J connectivity index is 1.15. The summed E-state index contributed by atoms with van der Waals surface area (Å²) in [4.78, 5) is 46.9. The highest BCUT2D eigenvalue weighted by molar-refractivity contribution is 5.77. The second kappa shape index (κ2) is 15.9. The van der Waals surface area contributed by atoms with Gasteiger partial charge in [-0.1, -0.05) is 0 Å². The number of pyridine rings is 1. The second-order valence-electron chi connectivity index (χ2n) is 13.9. The molecule has 0 aliphatic carbocycles. The van der Waals surface area contributed by atoms with Crippen LogP contribution in [0.2, 0.25) is 0 Å². The molecule has 0 radical (unpaired) electrons. The third-order valence-corrected chi connectivity index (χ3v) is 10.0. The SMILES string of the molecule is Cc1cc(C)n(-c2cc([C@H](CC(=O)O)CN3CC[C@@H](COc4ccc5c(n4)NCCC5)C3)cc(N3CCN(C(=O)CCCC(=O)O)CC3)c2)n1. The molecule has 5 heterocycles. The first-order valence-corrected chi connectivity index (χ1v) is 17.8. The van der Waals surface area contributed by atoms with Gasteiger partial charge in [0.15, 0.2) is 0 Å². The van der Waals surface area contributed by atoms with Gasteiger partial charge < -0.3 is 35.0 Å². The van der Waals surface area contributed by atoms with Gasteiger partial charge in [0.05, 0.1) is 24.4 Å². The van der Waals surface area contributed by atoms with Crippen LogP contribution >= 0.6 is 0 Å². The smallest absolute Gasteiger partial charge is 0.304 e. The van der Waals surface area contributed by atoms with Gasteiger partial charge in [-0.3, -0.25) is 14.4 Å². The lowest BCUT2D eigenvalue weighted by Crippen LogP contribution is -2.48. The molecule has 268 valence electrons. The number of carbonyl (C=O) groups excluding carboxylic acids is 1. The van der Waals surface area contributed by atoms with E-state index in [1.807, 2.05) is 35.6 Å². The minimum Gasteiger partial charge on any atom is -0.481 e. The highest BCUT2D eigenvalue weighted by atomic mass is 16.5. The van der Waals surface area contributed by atoms with Gasteiger partial charge in [-0.05, 0) is 87.5 Å². The molecule has 1 amide bonds. The molecule has 0 saturated carbocycles. The Morgan fingerprint density at radius 2 is 1.78 bits per heavy atom. The number of carbonyl (C=O) groups is 3. The predicted molar refractivity (Wildman–Crippen MR) is 189 cm³/mol. The van der Waals surface area contributed by atoms with Crippen molar-refractivity contribution in [1.82, 2.24) is 24.6 Å². The van der Waals surface area contributed by atoms with E-state index in [4.69, 9.17) is 14.9 Å². The van der Waals surface area contributed by atoms with Crippen molar-refractivity contribution in [1.29, 1.82) is 0 Å². The van der Waals surface area contributed by atoms with Crippen LogP contribution in [0, 0.1) is 19.8 Å². The van der Waals surface area contributed by atoms with Crippen molar-refractivity contribution >= 4 is 29.4 Å². The van der Waals surface area contributed by atoms with Crippen LogP contribution in [0.25, 0.3) is 5.69 Å². The molecule has 2 fully saturated rings. The predicted octanol–water partition coefficient (Wildman–Crippen LogP) is 4.10. The number of nitrogens with zero attached hydrogens (tertiary/aromatic N) is 6. The number of rotatable bonds is 14. The zero-order valence-corrected chi connectivity index (χ0v) is 29.1. The van der Waals surface area contributed by atoms with Gasteiger partial charge in [0.1, 0.15) is 5.82 Å².